The summed E-state index contributed by atoms with van der Waals surface area (Å²) < 4.78 is 0. The van der Waals surface area contributed by atoms with E-state index in [0.29, 0.717) is 0 Å². The highest BCUT2D eigenvalue weighted by molar-refractivity contribution is 5.09. The highest BCUT2D eigenvalue weighted by atomic mass is 16.3. The van der Waals surface area contributed by atoms with Gasteiger partial charge < -0.3 is 10.0 Å². The first-order valence-corrected chi connectivity index (χ1v) is 5.72. The number of hydrogen-bond donors (Lipinski definition) is 1. The fourth-order valence-corrected chi connectivity index (χ4v) is 2.40. The molecule has 80 valence electrons. The third-order valence-electron chi connectivity index (χ3n) is 3.28. The monoisotopic (exact) mass is 195 g/mol. The number of aliphatic hydroxyl groups is 1. The minimum Gasteiger partial charge on any atom is -0.386 e. The maximum Gasteiger partial charge on any atom is 0.0854 e. The Bertz CT molecular complexity index is 231. The quantitative estimate of drug-likeness (QED) is 0.681. The molecule has 1 N–H and O–H groups in total. The van der Waals surface area contributed by atoms with Crippen LogP contribution in [0.1, 0.15) is 39.5 Å². The molecule has 0 aromatic rings. The number of piperidine rings is 1. The van der Waals surface area contributed by atoms with Crippen LogP contribution >= 0.6 is 0 Å². The minimum absolute atomic E-state index is 0.510. The number of rotatable bonds is 2. The molecule has 0 aromatic heterocycles. The second kappa shape index (κ2) is 3.67. The largest absolute Gasteiger partial charge is 0.386 e. The summed E-state index contributed by atoms with van der Waals surface area (Å²) in [7, 11) is 0. The van der Waals surface area contributed by atoms with Gasteiger partial charge in [0.05, 0.1) is 5.60 Å². The van der Waals surface area contributed by atoms with Gasteiger partial charge in [-0.2, -0.15) is 0 Å². The van der Waals surface area contributed by atoms with Crippen molar-refractivity contribution >= 4 is 0 Å². The Morgan fingerprint density at radius 2 is 1.86 bits per heavy atom. The van der Waals surface area contributed by atoms with Gasteiger partial charge in [-0.3, -0.25) is 0 Å². The van der Waals surface area contributed by atoms with E-state index < -0.39 is 5.60 Å². The first-order valence-electron chi connectivity index (χ1n) is 5.72. The van der Waals surface area contributed by atoms with Gasteiger partial charge in [0, 0.05) is 19.1 Å². The van der Waals surface area contributed by atoms with Crippen LogP contribution in [0.3, 0.4) is 0 Å². The molecule has 14 heavy (non-hydrogen) atoms. The fraction of sp³-hybridized carbons (Fsp3) is 0.833. The summed E-state index contributed by atoms with van der Waals surface area (Å²) in [5, 5.41) is 10.3. The molecule has 0 amide bonds. The zero-order chi connectivity index (χ0) is 10.2. The van der Waals surface area contributed by atoms with Gasteiger partial charge >= 0.3 is 0 Å². The van der Waals surface area contributed by atoms with Gasteiger partial charge in [-0.15, -0.1) is 0 Å². The van der Waals surface area contributed by atoms with E-state index in [-0.39, 0.29) is 0 Å². The second-order valence-corrected chi connectivity index (χ2v) is 5.09. The standard InChI is InChI=1S/C12H21NO/c1-10(2)9-12(14)5-7-13(8-6-12)11-3-4-11/h9,11,14H,3-8H2,1-2H3. The van der Waals surface area contributed by atoms with E-state index in [9.17, 15) is 5.11 Å². The number of hydrogen-bond acceptors (Lipinski definition) is 2. The summed E-state index contributed by atoms with van der Waals surface area (Å²) in [6.45, 7) is 6.27. The lowest BCUT2D eigenvalue weighted by atomic mass is 9.89. The van der Waals surface area contributed by atoms with E-state index in [1.165, 1.54) is 18.4 Å². The number of likely N-dealkylation sites (tertiary alicyclic amines) is 1. The second-order valence-electron chi connectivity index (χ2n) is 5.09. The maximum absolute atomic E-state index is 10.3. The van der Waals surface area contributed by atoms with Crippen LogP contribution in [0.15, 0.2) is 11.6 Å². The molecule has 0 unspecified atom stereocenters. The van der Waals surface area contributed by atoms with Gasteiger partial charge in [-0.05, 0) is 39.5 Å². The molecule has 0 aromatic carbocycles. The van der Waals surface area contributed by atoms with Crippen LogP contribution in [0.5, 0.6) is 0 Å². The number of nitrogens with zero attached hydrogens (tertiary/aromatic N) is 1. The van der Waals surface area contributed by atoms with Gasteiger partial charge in [0.25, 0.3) is 0 Å². The zero-order valence-corrected chi connectivity index (χ0v) is 9.29. The molecular weight excluding hydrogens is 174 g/mol. The van der Waals surface area contributed by atoms with E-state index in [2.05, 4.69) is 18.7 Å². The van der Waals surface area contributed by atoms with Crippen LogP contribution < -0.4 is 0 Å². The van der Waals surface area contributed by atoms with E-state index in [4.69, 9.17) is 0 Å². The van der Waals surface area contributed by atoms with Crippen molar-refractivity contribution in [1.29, 1.82) is 0 Å². The molecule has 1 aliphatic heterocycles. The Morgan fingerprint density at radius 1 is 1.29 bits per heavy atom. The van der Waals surface area contributed by atoms with Crippen LogP contribution in [0, 0.1) is 0 Å². The molecule has 1 saturated heterocycles. The van der Waals surface area contributed by atoms with Crippen molar-refractivity contribution in [2.24, 2.45) is 0 Å². The summed E-state index contributed by atoms with van der Waals surface area (Å²) in [4.78, 5) is 2.54. The molecule has 1 saturated carbocycles. The molecule has 2 nitrogen and oxygen atoms in total. The fourth-order valence-electron chi connectivity index (χ4n) is 2.40. The average molecular weight is 195 g/mol. The summed E-state index contributed by atoms with van der Waals surface area (Å²) in [5.41, 5.74) is 0.719. The van der Waals surface area contributed by atoms with Crippen LogP contribution in [0.25, 0.3) is 0 Å². The Labute approximate surface area is 86.6 Å². The molecule has 0 bridgehead atoms. The van der Waals surface area contributed by atoms with Crippen molar-refractivity contribution in [3.63, 3.8) is 0 Å². The summed E-state index contributed by atoms with van der Waals surface area (Å²) in [6, 6.07) is 0.853. The topological polar surface area (TPSA) is 23.5 Å². The first-order chi connectivity index (χ1) is 6.59. The van der Waals surface area contributed by atoms with Crippen molar-refractivity contribution in [2.75, 3.05) is 13.1 Å². The highest BCUT2D eigenvalue weighted by Gasteiger charge is 2.36. The van der Waals surface area contributed by atoms with E-state index in [0.717, 1.165) is 32.0 Å². The van der Waals surface area contributed by atoms with E-state index >= 15 is 0 Å². The molecular formula is C12H21NO. The van der Waals surface area contributed by atoms with Gasteiger partial charge in [0.2, 0.25) is 0 Å². The van der Waals surface area contributed by atoms with Gasteiger partial charge in [0.15, 0.2) is 0 Å². The molecule has 1 heterocycles. The maximum atomic E-state index is 10.3. The molecule has 2 heteroatoms. The van der Waals surface area contributed by atoms with E-state index in [1.807, 2.05) is 6.08 Å². The SMILES string of the molecule is CC(C)=CC1(O)CCN(C2CC2)CC1. The van der Waals surface area contributed by atoms with Crippen molar-refractivity contribution in [3.05, 3.63) is 11.6 Å². The molecule has 2 aliphatic rings. The van der Waals surface area contributed by atoms with Crippen molar-refractivity contribution in [3.8, 4) is 0 Å². The summed E-state index contributed by atoms with van der Waals surface area (Å²) >= 11 is 0. The zero-order valence-electron chi connectivity index (χ0n) is 9.29. The lowest BCUT2D eigenvalue weighted by molar-refractivity contribution is 0.0162. The Morgan fingerprint density at radius 3 is 2.29 bits per heavy atom. The molecule has 0 atom stereocenters. The summed E-state index contributed by atoms with van der Waals surface area (Å²) in [6.07, 6.45) is 6.61. The Balaban J connectivity index is 1.90. The molecule has 1 aliphatic carbocycles. The smallest absolute Gasteiger partial charge is 0.0854 e. The van der Waals surface area contributed by atoms with Crippen LogP contribution in [0.2, 0.25) is 0 Å². The van der Waals surface area contributed by atoms with Gasteiger partial charge in [-0.25, -0.2) is 0 Å². The Hall–Kier alpha value is -0.340. The predicted molar refractivity (Wildman–Crippen MR) is 58.2 cm³/mol. The normalized spacial score (nSPS) is 27.4. The lowest BCUT2D eigenvalue weighted by Crippen LogP contribution is -2.44. The van der Waals surface area contributed by atoms with E-state index in [1.54, 1.807) is 0 Å². The Kier molecular flexibility index (Phi) is 2.67. The third kappa shape index (κ3) is 2.37. The molecule has 0 spiro atoms. The summed E-state index contributed by atoms with van der Waals surface area (Å²) in [5.74, 6) is 0. The average Bonchev–Trinajstić information content (AvgIpc) is 2.86. The van der Waals surface area contributed by atoms with Gasteiger partial charge in [-0.1, -0.05) is 11.6 Å². The van der Waals surface area contributed by atoms with Crippen molar-refractivity contribution in [1.82, 2.24) is 4.90 Å². The molecule has 2 rings (SSSR count). The van der Waals surface area contributed by atoms with Crippen LogP contribution in [-0.2, 0) is 0 Å². The molecule has 0 radical (unpaired) electrons. The third-order valence-corrected chi connectivity index (χ3v) is 3.28. The van der Waals surface area contributed by atoms with Crippen LogP contribution in [-0.4, -0.2) is 34.7 Å². The minimum atomic E-state index is -0.510. The van der Waals surface area contributed by atoms with Gasteiger partial charge in [0.1, 0.15) is 0 Å². The molecule has 2 fully saturated rings. The van der Waals surface area contributed by atoms with Crippen molar-refractivity contribution < 1.29 is 5.11 Å². The highest BCUT2D eigenvalue weighted by Crippen LogP contribution is 2.33. The van der Waals surface area contributed by atoms with Crippen LogP contribution in [0.4, 0.5) is 0 Å². The lowest BCUT2D eigenvalue weighted by Gasteiger charge is -2.36. The predicted octanol–water partition coefficient (Wildman–Crippen LogP) is 1.94. The first kappa shape index (κ1) is 10.2. The number of allylic oxidation sites excluding steroid dienone is 1. The van der Waals surface area contributed by atoms with Crippen molar-refractivity contribution in [2.45, 2.75) is 51.2 Å².